The molecule has 0 spiro atoms. The second-order valence-corrected chi connectivity index (χ2v) is 5.84. The molecular weight excluding hydrogens is 284 g/mol. The monoisotopic (exact) mass is 306 g/mol. The third-order valence-electron chi connectivity index (χ3n) is 4.01. The Balaban J connectivity index is 2.24. The molecule has 1 saturated carbocycles. The van der Waals surface area contributed by atoms with Crippen LogP contribution in [0.2, 0.25) is 0 Å². The van der Waals surface area contributed by atoms with E-state index in [1.54, 1.807) is 0 Å². The molecule has 0 atom stereocenters. The van der Waals surface area contributed by atoms with Gasteiger partial charge in [0.2, 0.25) is 0 Å². The van der Waals surface area contributed by atoms with Crippen molar-refractivity contribution in [1.82, 2.24) is 0 Å². The van der Waals surface area contributed by atoms with Crippen LogP contribution in [0.3, 0.4) is 0 Å². The van der Waals surface area contributed by atoms with Crippen molar-refractivity contribution >= 4 is 17.7 Å². The Kier molecular flexibility index (Phi) is 5.52. The van der Waals surface area contributed by atoms with Gasteiger partial charge >= 0.3 is 11.9 Å². The molecule has 5 nitrogen and oxygen atoms in total. The van der Waals surface area contributed by atoms with Crippen molar-refractivity contribution < 1.29 is 23.9 Å². The average Bonchev–Trinajstić information content (AvgIpc) is 2.46. The second-order valence-electron chi connectivity index (χ2n) is 5.84. The lowest BCUT2D eigenvalue weighted by atomic mass is 9.81. The molecule has 2 aliphatic carbocycles. The van der Waals surface area contributed by atoms with E-state index in [1.165, 1.54) is 26.3 Å². The molecule has 1 fully saturated rings. The van der Waals surface area contributed by atoms with Crippen molar-refractivity contribution in [3.8, 4) is 0 Å². The van der Waals surface area contributed by atoms with Crippen LogP contribution in [0.5, 0.6) is 0 Å². The number of Topliss-reactive ketones (excluding diaryl/α,β-unsaturated/α-hetero) is 1. The van der Waals surface area contributed by atoms with Gasteiger partial charge in [-0.05, 0) is 19.3 Å². The Hall–Kier alpha value is -1.91. The highest BCUT2D eigenvalue weighted by Gasteiger charge is 2.29. The van der Waals surface area contributed by atoms with Crippen LogP contribution in [0, 0.1) is 5.92 Å². The van der Waals surface area contributed by atoms with Crippen molar-refractivity contribution in [3.63, 3.8) is 0 Å². The molecule has 0 N–H and O–H groups in total. The van der Waals surface area contributed by atoms with Gasteiger partial charge in [-0.15, -0.1) is 0 Å². The van der Waals surface area contributed by atoms with Crippen molar-refractivity contribution in [2.75, 3.05) is 0 Å². The Morgan fingerprint density at radius 1 is 0.955 bits per heavy atom. The maximum Gasteiger partial charge on any atom is 0.308 e. The summed E-state index contributed by atoms with van der Waals surface area (Å²) in [7, 11) is 0. The van der Waals surface area contributed by atoms with Gasteiger partial charge in [-0.2, -0.15) is 0 Å². The van der Waals surface area contributed by atoms with Crippen LogP contribution in [0.1, 0.15) is 58.8 Å². The third-order valence-corrected chi connectivity index (χ3v) is 4.01. The lowest BCUT2D eigenvalue weighted by Crippen LogP contribution is -2.23. The highest BCUT2D eigenvalue weighted by Crippen LogP contribution is 2.33. The number of hydrogen-bond acceptors (Lipinski definition) is 5. The number of carbonyl (C=O) groups excluding carboxylic acids is 3. The molecular formula is C17H22O5. The summed E-state index contributed by atoms with van der Waals surface area (Å²) in [6.07, 6.45) is 7.53. The molecule has 0 aromatic rings. The fourth-order valence-electron chi connectivity index (χ4n) is 3.04. The molecule has 0 radical (unpaired) electrons. The lowest BCUT2D eigenvalue weighted by molar-refractivity contribution is -0.137. The first-order chi connectivity index (χ1) is 10.5. The Morgan fingerprint density at radius 2 is 1.59 bits per heavy atom. The highest BCUT2D eigenvalue weighted by atomic mass is 16.5. The van der Waals surface area contributed by atoms with Crippen LogP contribution >= 0.6 is 0 Å². The van der Waals surface area contributed by atoms with Gasteiger partial charge in [-0.25, -0.2) is 0 Å². The molecule has 0 aromatic heterocycles. The van der Waals surface area contributed by atoms with Crippen LogP contribution in [0.15, 0.2) is 23.2 Å². The summed E-state index contributed by atoms with van der Waals surface area (Å²) in [6.45, 7) is 2.61. The van der Waals surface area contributed by atoms with E-state index in [0.717, 1.165) is 25.7 Å². The van der Waals surface area contributed by atoms with Crippen LogP contribution < -0.4 is 0 Å². The number of hydrogen-bond donors (Lipinski definition) is 0. The molecule has 0 saturated heterocycles. The van der Waals surface area contributed by atoms with E-state index in [9.17, 15) is 14.4 Å². The predicted octanol–water partition coefficient (Wildman–Crippen LogP) is 3.19. The van der Waals surface area contributed by atoms with Gasteiger partial charge in [0.15, 0.2) is 5.78 Å². The zero-order valence-electron chi connectivity index (χ0n) is 13.1. The molecule has 2 rings (SSSR count). The van der Waals surface area contributed by atoms with Gasteiger partial charge < -0.3 is 9.47 Å². The van der Waals surface area contributed by atoms with E-state index in [2.05, 4.69) is 0 Å². The summed E-state index contributed by atoms with van der Waals surface area (Å²) in [5.74, 6) is -0.124. The fourth-order valence-corrected chi connectivity index (χ4v) is 3.04. The van der Waals surface area contributed by atoms with E-state index in [1.807, 2.05) is 0 Å². The molecule has 120 valence electrons. The van der Waals surface area contributed by atoms with E-state index in [0.29, 0.717) is 24.2 Å². The fraction of sp³-hybridized carbons (Fsp3) is 0.588. The standard InChI is InChI=1S/C17H22O5/c1-11(18)21-14-8-9-15(16(10-14)22-12(2)19)17(20)13-6-4-3-5-7-13/h10,13H,3-9H2,1-2H3. The Morgan fingerprint density at radius 3 is 2.18 bits per heavy atom. The van der Waals surface area contributed by atoms with Crippen LogP contribution in [0.25, 0.3) is 0 Å². The largest absolute Gasteiger partial charge is 0.431 e. The van der Waals surface area contributed by atoms with Crippen molar-refractivity contribution in [3.05, 3.63) is 23.2 Å². The lowest BCUT2D eigenvalue weighted by Gasteiger charge is -2.24. The first-order valence-corrected chi connectivity index (χ1v) is 7.82. The number of allylic oxidation sites excluding steroid dienone is 3. The third kappa shape index (κ3) is 4.29. The van der Waals surface area contributed by atoms with Gasteiger partial charge in [0.05, 0.1) is 0 Å². The molecule has 0 amide bonds. The van der Waals surface area contributed by atoms with Gasteiger partial charge in [0.25, 0.3) is 0 Å². The van der Waals surface area contributed by atoms with Gasteiger partial charge in [0.1, 0.15) is 11.5 Å². The Bertz CT molecular complexity index is 535. The number of esters is 2. The van der Waals surface area contributed by atoms with Crippen molar-refractivity contribution in [2.45, 2.75) is 58.8 Å². The van der Waals surface area contributed by atoms with Gasteiger partial charge in [-0.3, -0.25) is 14.4 Å². The van der Waals surface area contributed by atoms with Gasteiger partial charge in [0, 0.05) is 37.8 Å². The first-order valence-electron chi connectivity index (χ1n) is 7.82. The molecule has 0 bridgehead atoms. The molecule has 0 aromatic carbocycles. The van der Waals surface area contributed by atoms with Crippen LogP contribution in [-0.2, 0) is 23.9 Å². The normalized spacial score (nSPS) is 19.5. The molecule has 0 unspecified atom stereocenters. The van der Waals surface area contributed by atoms with Gasteiger partial charge in [-0.1, -0.05) is 19.3 Å². The smallest absolute Gasteiger partial charge is 0.308 e. The molecule has 5 heteroatoms. The topological polar surface area (TPSA) is 69.7 Å². The quantitative estimate of drug-likeness (QED) is 0.746. The summed E-state index contributed by atoms with van der Waals surface area (Å²) < 4.78 is 10.2. The number of rotatable bonds is 4. The zero-order valence-corrected chi connectivity index (χ0v) is 13.1. The first kappa shape index (κ1) is 16.5. The van der Waals surface area contributed by atoms with Crippen molar-refractivity contribution in [1.29, 1.82) is 0 Å². The minimum absolute atomic E-state index is 0.0259. The minimum Gasteiger partial charge on any atom is -0.431 e. The van der Waals surface area contributed by atoms with Crippen molar-refractivity contribution in [2.24, 2.45) is 5.92 Å². The SMILES string of the molecule is CC(=O)OC1=CC(OC(C)=O)=C(C(=O)C2CCCCC2)CC1. The predicted molar refractivity (Wildman–Crippen MR) is 79.5 cm³/mol. The summed E-state index contributed by atoms with van der Waals surface area (Å²) in [5, 5.41) is 0. The second kappa shape index (κ2) is 7.38. The summed E-state index contributed by atoms with van der Waals surface area (Å²) in [6, 6.07) is 0. The zero-order chi connectivity index (χ0) is 16.1. The molecule has 0 heterocycles. The van der Waals surface area contributed by atoms with E-state index in [4.69, 9.17) is 9.47 Å². The Labute approximate surface area is 130 Å². The van der Waals surface area contributed by atoms with Crippen LogP contribution in [-0.4, -0.2) is 17.7 Å². The molecule has 22 heavy (non-hydrogen) atoms. The molecule has 0 aliphatic heterocycles. The summed E-state index contributed by atoms with van der Waals surface area (Å²) in [4.78, 5) is 35.0. The summed E-state index contributed by atoms with van der Waals surface area (Å²) in [5.41, 5.74) is 0.554. The summed E-state index contributed by atoms with van der Waals surface area (Å²) >= 11 is 0. The maximum absolute atomic E-state index is 12.7. The highest BCUT2D eigenvalue weighted by molar-refractivity contribution is 5.98. The van der Waals surface area contributed by atoms with E-state index < -0.39 is 11.9 Å². The number of ketones is 1. The number of ether oxygens (including phenoxy) is 2. The number of carbonyl (C=O) groups is 3. The minimum atomic E-state index is -0.482. The maximum atomic E-state index is 12.7. The molecule has 2 aliphatic rings. The van der Waals surface area contributed by atoms with E-state index in [-0.39, 0.29) is 17.5 Å². The average molecular weight is 306 g/mol. The van der Waals surface area contributed by atoms with Crippen LogP contribution in [0.4, 0.5) is 0 Å². The van der Waals surface area contributed by atoms with E-state index >= 15 is 0 Å².